The highest BCUT2D eigenvalue weighted by Crippen LogP contribution is 2.07. The predicted octanol–water partition coefficient (Wildman–Crippen LogP) is 2.43. The summed E-state index contributed by atoms with van der Waals surface area (Å²) in [6.07, 6.45) is 1.48. The molecule has 0 radical (unpaired) electrons. The zero-order valence-corrected chi connectivity index (χ0v) is 14.2. The first-order valence-electron chi connectivity index (χ1n) is 8.39. The van der Waals surface area contributed by atoms with Gasteiger partial charge in [-0.05, 0) is 36.2 Å². The van der Waals surface area contributed by atoms with Gasteiger partial charge in [0.05, 0.1) is 22.5 Å². The molecule has 0 aliphatic carbocycles. The Labute approximate surface area is 150 Å². The molecule has 2 aromatic carbocycles. The molecular weight excluding hydrogens is 328 g/mol. The van der Waals surface area contributed by atoms with Crippen molar-refractivity contribution in [3.05, 3.63) is 75.8 Å². The maximum Gasteiger partial charge on any atom is 0.258 e. The second kappa shape index (κ2) is 8.08. The minimum absolute atomic E-state index is 0.0579. The van der Waals surface area contributed by atoms with Crippen LogP contribution in [0.3, 0.4) is 0 Å². The van der Waals surface area contributed by atoms with Crippen molar-refractivity contribution in [2.45, 2.75) is 25.8 Å². The van der Waals surface area contributed by atoms with E-state index in [0.29, 0.717) is 48.1 Å². The van der Waals surface area contributed by atoms with Gasteiger partial charge in [0.1, 0.15) is 5.82 Å². The molecule has 130 valence electrons. The van der Waals surface area contributed by atoms with Crippen LogP contribution in [0.2, 0.25) is 0 Å². The molecule has 1 amide bonds. The Morgan fingerprint density at radius 1 is 1.15 bits per heavy atom. The molecule has 0 unspecified atom stereocenters. The number of fused-ring (bicyclic) bond motifs is 1. The summed E-state index contributed by atoms with van der Waals surface area (Å²) in [5.41, 5.74) is 2.04. The van der Waals surface area contributed by atoms with Gasteiger partial charge in [-0.25, -0.2) is 4.98 Å². The van der Waals surface area contributed by atoms with Crippen LogP contribution in [0, 0.1) is 11.3 Å². The third-order valence-electron chi connectivity index (χ3n) is 4.05. The second-order valence-electron chi connectivity index (χ2n) is 5.97. The number of nitrogens with one attached hydrogen (secondary N) is 2. The lowest BCUT2D eigenvalue weighted by Crippen LogP contribution is -2.22. The molecule has 26 heavy (non-hydrogen) atoms. The van der Waals surface area contributed by atoms with Crippen LogP contribution in [0.5, 0.6) is 0 Å². The Kier molecular flexibility index (Phi) is 5.40. The highest BCUT2D eigenvalue weighted by atomic mass is 16.1. The van der Waals surface area contributed by atoms with Gasteiger partial charge >= 0.3 is 0 Å². The molecular formula is C20H18N4O2. The van der Waals surface area contributed by atoms with Crippen molar-refractivity contribution >= 4 is 16.8 Å². The van der Waals surface area contributed by atoms with E-state index in [2.05, 4.69) is 21.4 Å². The van der Waals surface area contributed by atoms with Crippen LogP contribution in [0.4, 0.5) is 0 Å². The van der Waals surface area contributed by atoms with Crippen LogP contribution < -0.4 is 10.9 Å². The molecule has 0 aliphatic rings. The molecule has 0 saturated heterocycles. The van der Waals surface area contributed by atoms with Crippen molar-refractivity contribution in [2.75, 3.05) is 0 Å². The van der Waals surface area contributed by atoms with Gasteiger partial charge in [0.2, 0.25) is 5.91 Å². The number of aryl methyl sites for hydroxylation is 1. The monoisotopic (exact) mass is 346 g/mol. The standard InChI is InChI=1S/C20H18N4O2/c21-12-14-8-10-15(11-9-14)13-22-19(25)7-3-6-18-23-17-5-2-1-4-16(17)20(26)24-18/h1-2,4-5,8-11H,3,6-7,13H2,(H,22,25)(H,23,24,26). The Hall–Kier alpha value is -3.46. The van der Waals surface area contributed by atoms with Crippen LogP contribution in [-0.4, -0.2) is 15.9 Å². The van der Waals surface area contributed by atoms with E-state index in [-0.39, 0.29) is 11.5 Å². The topological polar surface area (TPSA) is 98.6 Å². The fraction of sp³-hybridized carbons (Fsp3) is 0.200. The molecule has 0 fully saturated rings. The maximum atomic E-state index is 12.0. The minimum Gasteiger partial charge on any atom is -0.352 e. The summed E-state index contributed by atoms with van der Waals surface area (Å²) in [4.78, 5) is 31.2. The van der Waals surface area contributed by atoms with E-state index in [4.69, 9.17) is 5.26 Å². The second-order valence-corrected chi connectivity index (χ2v) is 5.97. The molecule has 0 saturated carbocycles. The lowest BCUT2D eigenvalue weighted by Gasteiger charge is -2.06. The molecule has 0 aliphatic heterocycles. The number of nitrogens with zero attached hydrogens (tertiary/aromatic N) is 2. The Balaban J connectivity index is 1.49. The number of para-hydroxylation sites is 1. The van der Waals surface area contributed by atoms with Gasteiger partial charge in [0.15, 0.2) is 0 Å². The lowest BCUT2D eigenvalue weighted by molar-refractivity contribution is -0.121. The normalized spacial score (nSPS) is 10.4. The maximum absolute atomic E-state index is 12.0. The molecule has 0 bridgehead atoms. The number of aromatic amines is 1. The van der Waals surface area contributed by atoms with E-state index in [1.165, 1.54) is 0 Å². The number of aromatic nitrogens is 2. The van der Waals surface area contributed by atoms with Gasteiger partial charge in [-0.15, -0.1) is 0 Å². The van der Waals surface area contributed by atoms with Crippen LogP contribution in [-0.2, 0) is 17.8 Å². The molecule has 1 heterocycles. The summed E-state index contributed by atoms with van der Waals surface area (Å²) in [6, 6.07) is 16.3. The summed E-state index contributed by atoms with van der Waals surface area (Å²) in [7, 11) is 0. The van der Waals surface area contributed by atoms with E-state index in [9.17, 15) is 9.59 Å². The Morgan fingerprint density at radius 2 is 1.92 bits per heavy atom. The van der Waals surface area contributed by atoms with Crippen molar-refractivity contribution < 1.29 is 4.79 Å². The van der Waals surface area contributed by atoms with E-state index in [1.807, 2.05) is 18.2 Å². The van der Waals surface area contributed by atoms with Crippen molar-refractivity contribution in [2.24, 2.45) is 0 Å². The number of carbonyl (C=O) groups is 1. The van der Waals surface area contributed by atoms with E-state index in [1.54, 1.807) is 30.3 Å². The summed E-state index contributed by atoms with van der Waals surface area (Å²) < 4.78 is 0. The fourth-order valence-corrected chi connectivity index (χ4v) is 2.66. The van der Waals surface area contributed by atoms with Crippen molar-refractivity contribution in [1.82, 2.24) is 15.3 Å². The number of hydrogen-bond donors (Lipinski definition) is 2. The van der Waals surface area contributed by atoms with Gasteiger partial charge in [0.25, 0.3) is 5.56 Å². The zero-order valence-electron chi connectivity index (χ0n) is 14.2. The van der Waals surface area contributed by atoms with Crippen LogP contribution in [0.15, 0.2) is 53.3 Å². The fourth-order valence-electron chi connectivity index (χ4n) is 2.66. The summed E-state index contributed by atoms with van der Waals surface area (Å²) in [6.45, 7) is 0.426. The van der Waals surface area contributed by atoms with Crippen molar-refractivity contribution in [1.29, 1.82) is 5.26 Å². The highest BCUT2D eigenvalue weighted by Gasteiger charge is 2.06. The summed E-state index contributed by atoms with van der Waals surface area (Å²) in [5, 5.41) is 12.2. The summed E-state index contributed by atoms with van der Waals surface area (Å²) >= 11 is 0. The first-order chi connectivity index (χ1) is 12.7. The van der Waals surface area contributed by atoms with E-state index >= 15 is 0 Å². The molecule has 6 heteroatoms. The molecule has 0 spiro atoms. The van der Waals surface area contributed by atoms with Crippen LogP contribution in [0.25, 0.3) is 10.9 Å². The quantitative estimate of drug-likeness (QED) is 0.716. The SMILES string of the molecule is N#Cc1ccc(CNC(=O)CCCc2nc3ccccc3c(=O)[nH]2)cc1. The number of H-pyrrole nitrogens is 1. The molecule has 2 N–H and O–H groups in total. The number of nitriles is 1. The molecule has 1 aromatic heterocycles. The lowest BCUT2D eigenvalue weighted by atomic mass is 10.1. The largest absolute Gasteiger partial charge is 0.352 e. The number of amides is 1. The van der Waals surface area contributed by atoms with Gasteiger partial charge < -0.3 is 10.3 Å². The number of benzene rings is 2. The van der Waals surface area contributed by atoms with Gasteiger partial charge in [0, 0.05) is 19.4 Å². The average molecular weight is 346 g/mol. The third-order valence-corrected chi connectivity index (χ3v) is 4.05. The van der Waals surface area contributed by atoms with E-state index < -0.39 is 0 Å². The van der Waals surface area contributed by atoms with E-state index in [0.717, 1.165) is 5.56 Å². The predicted molar refractivity (Wildman–Crippen MR) is 98.3 cm³/mol. The smallest absolute Gasteiger partial charge is 0.258 e. The minimum atomic E-state index is -0.157. The Morgan fingerprint density at radius 3 is 2.69 bits per heavy atom. The van der Waals surface area contributed by atoms with Crippen molar-refractivity contribution in [3.8, 4) is 6.07 Å². The molecule has 3 aromatic rings. The van der Waals surface area contributed by atoms with Crippen LogP contribution >= 0.6 is 0 Å². The highest BCUT2D eigenvalue weighted by molar-refractivity contribution is 5.77. The first kappa shape index (κ1) is 17.4. The Bertz CT molecular complexity index is 1020. The number of hydrogen-bond acceptors (Lipinski definition) is 4. The molecule has 0 atom stereocenters. The van der Waals surface area contributed by atoms with Crippen LogP contribution in [0.1, 0.15) is 29.8 Å². The first-order valence-corrected chi connectivity index (χ1v) is 8.39. The van der Waals surface area contributed by atoms with Gasteiger partial charge in [-0.3, -0.25) is 9.59 Å². The van der Waals surface area contributed by atoms with Gasteiger partial charge in [-0.2, -0.15) is 5.26 Å². The molecule has 3 rings (SSSR count). The average Bonchev–Trinajstić information content (AvgIpc) is 2.67. The molecule has 6 nitrogen and oxygen atoms in total. The summed E-state index contributed by atoms with van der Waals surface area (Å²) in [5.74, 6) is 0.533. The zero-order chi connectivity index (χ0) is 18.4. The van der Waals surface area contributed by atoms with Gasteiger partial charge in [-0.1, -0.05) is 24.3 Å². The number of rotatable bonds is 6. The number of carbonyl (C=O) groups excluding carboxylic acids is 1. The third kappa shape index (κ3) is 4.33. The van der Waals surface area contributed by atoms with Crippen molar-refractivity contribution in [3.63, 3.8) is 0 Å².